The van der Waals surface area contributed by atoms with E-state index >= 15 is 0 Å². The molecule has 1 fully saturated rings. The molecule has 1 atom stereocenters. The normalized spacial score (nSPS) is 15.7. The van der Waals surface area contributed by atoms with Gasteiger partial charge >= 0.3 is 5.97 Å². The number of fused-ring (bicyclic) bond motifs is 2. The van der Waals surface area contributed by atoms with Gasteiger partial charge in [0, 0.05) is 33.1 Å². The number of para-hydroxylation sites is 1. The Morgan fingerprint density at radius 1 is 1.17 bits per heavy atom. The van der Waals surface area contributed by atoms with Gasteiger partial charge in [-0.25, -0.2) is 9.78 Å². The van der Waals surface area contributed by atoms with Crippen LogP contribution >= 0.6 is 15.9 Å². The number of nitrogens with zero attached hydrogens (tertiary/aromatic N) is 4. The topological polar surface area (TPSA) is 78.5 Å². The maximum Gasteiger partial charge on any atom is 0.328 e. The number of carbonyl (C=O) groups is 1. The minimum absolute atomic E-state index is 0.181. The highest BCUT2D eigenvalue weighted by Crippen LogP contribution is 2.32. The van der Waals surface area contributed by atoms with E-state index in [0.717, 1.165) is 46.6 Å². The summed E-state index contributed by atoms with van der Waals surface area (Å²) < 4.78 is 9.13. The van der Waals surface area contributed by atoms with E-state index in [-0.39, 0.29) is 17.4 Å². The third-order valence-electron chi connectivity index (χ3n) is 6.85. The van der Waals surface area contributed by atoms with Crippen molar-refractivity contribution >= 4 is 49.9 Å². The summed E-state index contributed by atoms with van der Waals surface area (Å²) >= 11 is 3.47. The van der Waals surface area contributed by atoms with Gasteiger partial charge in [-0.05, 0) is 44.0 Å². The smallest absolute Gasteiger partial charge is 0.328 e. The molecule has 1 saturated carbocycles. The second-order valence-electron chi connectivity index (χ2n) is 9.04. The van der Waals surface area contributed by atoms with Crippen LogP contribution in [0.15, 0.2) is 63.0 Å². The van der Waals surface area contributed by atoms with Crippen molar-refractivity contribution in [2.75, 3.05) is 7.11 Å². The van der Waals surface area contributed by atoms with Gasteiger partial charge in [0.25, 0.3) is 5.56 Å². The second-order valence-corrected chi connectivity index (χ2v) is 9.95. The SMILES string of the molecule is COC(=O)[C@@H](C)n1cc(C=Nn2c(C3CCCCC3)nc3ccc(Br)cc3c2=O)c2ccccc21. The third-order valence-corrected chi connectivity index (χ3v) is 7.34. The van der Waals surface area contributed by atoms with Gasteiger partial charge in [0.1, 0.15) is 11.9 Å². The predicted molar refractivity (Wildman–Crippen MR) is 141 cm³/mol. The zero-order valence-corrected chi connectivity index (χ0v) is 21.4. The van der Waals surface area contributed by atoms with Gasteiger partial charge in [0.2, 0.25) is 0 Å². The van der Waals surface area contributed by atoms with Crippen LogP contribution in [0.5, 0.6) is 0 Å². The number of carbonyl (C=O) groups excluding carboxylic acids is 1. The number of rotatable bonds is 5. The van der Waals surface area contributed by atoms with Gasteiger partial charge in [-0.15, -0.1) is 0 Å². The van der Waals surface area contributed by atoms with E-state index < -0.39 is 6.04 Å². The number of methoxy groups -OCH3 is 1. The molecular formula is C27H27BrN4O3. The molecule has 35 heavy (non-hydrogen) atoms. The Hall–Kier alpha value is -3.26. The first kappa shape index (κ1) is 23.5. The van der Waals surface area contributed by atoms with Crippen molar-refractivity contribution in [1.29, 1.82) is 0 Å². The van der Waals surface area contributed by atoms with E-state index in [4.69, 9.17) is 14.8 Å². The van der Waals surface area contributed by atoms with E-state index in [1.54, 1.807) is 19.2 Å². The molecule has 7 nitrogen and oxygen atoms in total. The lowest BCUT2D eigenvalue weighted by molar-refractivity contribution is -0.143. The molecular weight excluding hydrogens is 508 g/mol. The van der Waals surface area contributed by atoms with E-state index in [1.807, 2.05) is 47.2 Å². The largest absolute Gasteiger partial charge is 0.467 e. The molecule has 8 heteroatoms. The van der Waals surface area contributed by atoms with Gasteiger partial charge < -0.3 is 9.30 Å². The van der Waals surface area contributed by atoms with Gasteiger partial charge in [-0.2, -0.15) is 9.78 Å². The highest BCUT2D eigenvalue weighted by Gasteiger charge is 2.23. The highest BCUT2D eigenvalue weighted by molar-refractivity contribution is 9.10. The van der Waals surface area contributed by atoms with Crippen LogP contribution < -0.4 is 5.56 Å². The maximum absolute atomic E-state index is 13.6. The Labute approximate surface area is 211 Å². The molecule has 4 aromatic rings. The van der Waals surface area contributed by atoms with Crippen LogP contribution in [0, 0.1) is 0 Å². The molecule has 0 radical (unpaired) electrons. The Morgan fingerprint density at radius 3 is 2.71 bits per heavy atom. The average Bonchev–Trinajstić information content (AvgIpc) is 3.26. The number of esters is 1. The minimum atomic E-state index is -0.493. The van der Waals surface area contributed by atoms with Gasteiger partial charge in [0.15, 0.2) is 0 Å². The zero-order chi connectivity index (χ0) is 24.5. The molecule has 0 aliphatic heterocycles. The van der Waals surface area contributed by atoms with E-state index in [1.165, 1.54) is 18.2 Å². The number of benzene rings is 2. The van der Waals surface area contributed by atoms with Crippen molar-refractivity contribution < 1.29 is 9.53 Å². The Kier molecular flexibility index (Phi) is 6.56. The van der Waals surface area contributed by atoms with Crippen LogP contribution in [0.2, 0.25) is 0 Å². The summed E-state index contributed by atoms with van der Waals surface area (Å²) in [5.74, 6) is 0.587. The van der Waals surface area contributed by atoms with Crippen molar-refractivity contribution in [3.63, 3.8) is 0 Å². The third kappa shape index (κ3) is 4.43. The summed E-state index contributed by atoms with van der Waals surface area (Å²) in [4.78, 5) is 30.7. The molecule has 1 aliphatic carbocycles. The first-order chi connectivity index (χ1) is 17.0. The van der Waals surface area contributed by atoms with Crippen LogP contribution in [0.25, 0.3) is 21.8 Å². The zero-order valence-electron chi connectivity index (χ0n) is 19.8. The molecule has 0 saturated heterocycles. The van der Waals surface area contributed by atoms with Crippen LogP contribution in [0.4, 0.5) is 0 Å². The molecule has 0 N–H and O–H groups in total. The van der Waals surface area contributed by atoms with E-state index in [0.29, 0.717) is 16.7 Å². The molecule has 2 aromatic carbocycles. The van der Waals surface area contributed by atoms with Crippen molar-refractivity contribution in [2.45, 2.75) is 51.0 Å². The fourth-order valence-electron chi connectivity index (χ4n) is 4.96. The molecule has 180 valence electrons. The maximum atomic E-state index is 13.6. The highest BCUT2D eigenvalue weighted by atomic mass is 79.9. The first-order valence-corrected chi connectivity index (χ1v) is 12.7. The second kappa shape index (κ2) is 9.77. The average molecular weight is 535 g/mol. The number of hydrogen-bond donors (Lipinski definition) is 0. The van der Waals surface area contributed by atoms with Gasteiger partial charge in [-0.1, -0.05) is 53.4 Å². The van der Waals surface area contributed by atoms with Crippen LogP contribution in [-0.2, 0) is 9.53 Å². The van der Waals surface area contributed by atoms with Crippen molar-refractivity contribution in [3.8, 4) is 0 Å². The number of hydrogen-bond acceptors (Lipinski definition) is 5. The molecule has 0 spiro atoms. The molecule has 0 unspecified atom stereocenters. The van der Waals surface area contributed by atoms with E-state index in [9.17, 15) is 9.59 Å². The lowest BCUT2D eigenvalue weighted by Gasteiger charge is -2.22. The number of aromatic nitrogens is 3. The Bertz CT molecular complexity index is 1500. The Balaban J connectivity index is 1.66. The van der Waals surface area contributed by atoms with Gasteiger partial charge in [-0.3, -0.25) is 4.79 Å². The molecule has 0 bridgehead atoms. The first-order valence-electron chi connectivity index (χ1n) is 11.9. The fourth-order valence-corrected chi connectivity index (χ4v) is 5.32. The molecule has 1 aliphatic rings. The van der Waals surface area contributed by atoms with E-state index in [2.05, 4.69) is 15.9 Å². The summed E-state index contributed by atoms with van der Waals surface area (Å²) in [7, 11) is 1.39. The standard InChI is InChI=1S/C27H27BrN4O3/c1-17(27(34)35-2)31-16-19(21-10-6-7-11-24(21)31)15-29-32-25(18-8-4-3-5-9-18)30-23-13-12-20(28)14-22(23)26(32)33/h6-7,10-18H,3-5,8-9H2,1-2H3/t17-/m1/s1. The molecule has 5 rings (SSSR count). The predicted octanol–water partition coefficient (Wildman–Crippen LogP) is 5.78. The summed E-state index contributed by atoms with van der Waals surface area (Å²) in [6.07, 6.45) is 9.04. The quantitative estimate of drug-likeness (QED) is 0.240. The van der Waals surface area contributed by atoms with Gasteiger partial charge in [0.05, 0.1) is 24.2 Å². The fraction of sp³-hybridized carbons (Fsp3) is 0.333. The number of halogens is 1. The molecule has 2 aromatic heterocycles. The minimum Gasteiger partial charge on any atom is -0.467 e. The Morgan fingerprint density at radius 2 is 1.94 bits per heavy atom. The summed E-state index contributed by atoms with van der Waals surface area (Å²) in [5, 5.41) is 6.16. The van der Waals surface area contributed by atoms with Crippen LogP contribution in [0.1, 0.15) is 62.4 Å². The summed E-state index contributed by atoms with van der Waals surface area (Å²) in [6.45, 7) is 1.80. The van der Waals surface area contributed by atoms with Crippen molar-refractivity contribution in [3.05, 3.63) is 74.9 Å². The lowest BCUT2D eigenvalue weighted by Crippen LogP contribution is -2.25. The van der Waals surface area contributed by atoms with Crippen molar-refractivity contribution in [1.82, 2.24) is 14.2 Å². The van der Waals surface area contributed by atoms with Crippen LogP contribution in [-0.4, -0.2) is 33.5 Å². The molecule has 2 heterocycles. The molecule has 0 amide bonds. The van der Waals surface area contributed by atoms with Crippen molar-refractivity contribution in [2.24, 2.45) is 5.10 Å². The number of ether oxygens (including phenoxy) is 1. The summed E-state index contributed by atoms with van der Waals surface area (Å²) in [5.41, 5.74) is 2.22. The lowest BCUT2D eigenvalue weighted by atomic mass is 9.88. The van der Waals surface area contributed by atoms with Crippen LogP contribution in [0.3, 0.4) is 0 Å². The summed E-state index contributed by atoms with van der Waals surface area (Å²) in [6, 6.07) is 12.9. The monoisotopic (exact) mass is 534 g/mol.